The molecule has 2 rings (SSSR count). The highest BCUT2D eigenvalue weighted by atomic mass is 16.3. The van der Waals surface area contributed by atoms with Crippen molar-refractivity contribution in [1.82, 2.24) is 14.9 Å². The van der Waals surface area contributed by atoms with Gasteiger partial charge in [-0.15, -0.1) is 0 Å². The summed E-state index contributed by atoms with van der Waals surface area (Å²) in [6.07, 6.45) is 1.71. The quantitative estimate of drug-likeness (QED) is 0.764. The number of likely N-dealkylation sites (tertiary alicyclic amines) is 1. The molecule has 0 radical (unpaired) electrons. The van der Waals surface area contributed by atoms with Gasteiger partial charge < -0.3 is 15.0 Å². The smallest absolute Gasteiger partial charge is 0.254 e. The van der Waals surface area contributed by atoms with Crippen molar-refractivity contribution in [1.29, 1.82) is 0 Å². The zero-order valence-corrected chi connectivity index (χ0v) is 10.5. The molecule has 6 heteroatoms. The normalized spacial score (nSPS) is 24.0. The Morgan fingerprint density at radius 3 is 2.89 bits per heavy atom. The molecule has 0 aliphatic carbocycles. The van der Waals surface area contributed by atoms with Gasteiger partial charge in [-0.05, 0) is 19.8 Å². The van der Waals surface area contributed by atoms with E-state index in [1.165, 1.54) is 6.92 Å². The van der Waals surface area contributed by atoms with Gasteiger partial charge in [0.1, 0.15) is 5.82 Å². The summed E-state index contributed by atoms with van der Waals surface area (Å²) in [7, 11) is 0. The van der Waals surface area contributed by atoms with E-state index in [2.05, 4.69) is 9.97 Å². The molecule has 1 unspecified atom stereocenters. The third-order valence-corrected chi connectivity index (χ3v) is 3.42. The zero-order valence-electron chi connectivity index (χ0n) is 10.5. The molecule has 1 fully saturated rings. The third kappa shape index (κ3) is 2.52. The van der Waals surface area contributed by atoms with Gasteiger partial charge >= 0.3 is 0 Å². The second kappa shape index (κ2) is 4.80. The molecule has 18 heavy (non-hydrogen) atoms. The predicted octanol–water partition coefficient (Wildman–Crippen LogP) is 0.590. The lowest BCUT2D eigenvalue weighted by Gasteiger charge is -2.36. The number of piperidine rings is 1. The maximum atomic E-state index is 11.5. The number of aromatic nitrogens is 2. The number of rotatable bonds is 1. The van der Waals surface area contributed by atoms with Crippen molar-refractivity contribution in [3.8, 4) is 5.88 Å². The van der Waals surface area contributed by atoms with Crippen LogP contribution < -0.4 is 5.56 Å². The molecule has 1 aliphatic rings. The SMILES string of the molecule is CC(=O)N1CC(c2nc(O)cc(=O)[nH]2)CC[C@@H]1C. The van der Waals surface area contributed by atoms with E-state index in [9.17, 15) is 14.7 Å². The molecular weight excluding hydrogens is 234 g/mol. The van der Waals surface area contributed by atoms with Crippen molar-refractivity contribution < 1.29 is 9.90 Å². The molecule has 6 nitrogen and oxygen atoms in total. The number of nitrogens with one attached hydrogen (secondary N) is 1. The summed E-state index contributed by atoms with van der Waals surface area (Å²) in [4.78, 5) is 31.1. The average Bonchev–Trinajstić information content (AvgIpc) is 2.27. The number of aromatic amines is 1. The molecule has 1 aromatic heterocycles. The molecule has 0 saturated carbocycles. The van der Waals surface area contributed by atoms with Crippen LogP contribution in [-0.2, 0) is 4.79 Å². The molecular formula is C12H17N3O3. The maximum absolute atomic E-state index is 11.5. The Labute approximate surface area is 105 Å². The Bertz CT molecular complexity index is 512. The maximum Gasteiger partial charge on any atom is 0.254 e. The van der Waals surface area contributed by atoms with E-state index in [1.807, 2.05) is 6.92 Å². The zero-order chi connectivity index (χ0) is 13.3. The highest BCUT2D eigenvalue weighted by Gasteiger charge is 2.29. The number of hydrogen-bond acceptors (Lipinski definition) is 4. The molecule has 2 atom stereocenters. The van der Waals surface area contributed by atoms with Crippen LogP contribution in [0.5, 0.6) is 5.88 Å². The van der Waals surface area contributed by atoms with E-state index < -0.39 is 0 Å². The largest absolute Gasteiger partial charge is 0.493 e. The van der Waals surface area contributed by atoms with Crippen molar-refractivity contribution in [2.75, 3.05) is 6.54 Å². The molecule has 1 amide bonds. The fourth-order valence-electron chi connectivity index (χ4n) is 2.43. The van der Waals surface area contributed by atoms with E-state index >= 15 is 0 Å². The van der Waals surface area contributed by atoms with Crippen LogP contribution in [0.3, 0.4) is 0 Å². The number of H-pyrrole nitrogens is 1. The predicted molar refractivity (Wildman–Crippen MR) is 65.3 cm³/mol. The Balaban J connectivity index is 2.24. The monoisotopic (exact) mass is 251 g/mol. The molecule has 0 aromatic carbocycles. The summed E-state index contributed by atoms with van der Waals surface area (Å²) in [5.41, 5.74) is -0.370. The van der Waals surface area contributed by atoms with Crippen LogP contribution in [0.1, 0.15) is 38.4 Å². The highest BCUT2D eigenvalue weighted by molar-refractivity contribution is 5.73. The topological polar surface area (TPSA) is 86.3 Å². The first kappa shape index (κ1) is 12.6. The van der Waals surface area contributed by atoms with Crippen LogP contribution in [0.4, 0.5) is 0 Å². The minimum atomic E-state index is -0.370. The molecule has 0 spiro atoms. The number of hydrogen-bond donors (Lipinski definition) is 2. The number of carbonyl (C=O) groups excluding carboxylic acids is 1. The first-order chi connectivity index (χ1) is 8.47. The lowest BCUT2D eigenvalue weighted by atomic mass is 9.92. The van der Waals surface area contributed by atoms with Gasteiger partial charge in [0.25, 0.3) is 5.56 Å². The van der Waals surface area contributed by atoms with Crippen molar-refractivity contribution in [2.45, 2.75) is 38.6 Å². The summed E-state index contributed by atoms with van der Waals surface area (Å²) in [6.45, 7) is 4.08. The Morgan fingerprint density at radius 2 is 2.28 bits per heavy atom. The van der Waals surface area contributed by atoms with E-state index in [1.54, 1.807) is 4.90 Å². The first-order valence-corrected chi connectivity index (χ1v) is 6.05. The third-order valence-electron chi connectivity index (χ3n) is 3.42. The van der Waals surface area contributed by atoms with Crippen molar-refractivity contribution in [3.05, 3.63) is 22.2 Å². The van der Waals surface area contributed by atoms with Gasteiger partial charge in [0.15, 0.2) is 0 Å². The molecule has 1 aliphatic heterocycles. The lowest BCUT2D eigenvalue weighted by Crippen LogP contribution is -2.44. The van der Waals surface area contributed by atoms with Crippen molar-refractivity contribution in [3.63, 3.8) is 0 Å². The van der Waals surface area contributed by atoms with Gasteiger partial charge in [0, 0.05) is 25.4 Å². The summed E-state index contributed by atoms with van der Waals surface area (Å²) >= 11 is 0. The Hall–Kier alpha value is -1.85. The van der Waals surface area contributed by atoms with Crippen LogP contribution in [-0.4, -0.2) is 38.5 Å². The molecule has 2 N–H and O–H groups in total. The van der Waals surface area contributed by atoms with E-state index in [-0.39, 0.29) is 29.3 Å². The standard InChI is InChI=1S/C12H17N3O3/c1-7-3-4-9(6-15(7)8(2)16)12-13-10(17)5-11(18)14-12/h5,7,9H,3-4,6H2,1-2H3,(H2,13,14,17,18)/t7-,9?/m0/s1. The van der Waals surface area contributed by atoms with Gasteiger partial charge in [-0.2, -0.15) is 4.98 Å². The van der Waals surface area contributed by atoms with Gasteiger partial charge in [0.05, 0.1) is 6.07 Å². The Kier molecular flexibility index (Phi) is 3.36. The number of aromatic hydroxyl groups is 1. The summed E-state index contributed by atoms with van der Waals surface area (Å²) in [5.74, 6) is 0.180. The molecule has 1 aromatic rings. The van der Waals surface area contributed by atoms with Crippen LogP contribution in [0.2, 0.25) is 0 Å². The lowest BCUT2D eigenvalue weighted by molar-refractivity contribution is -0.132. The van der Waals surface area contributed by atoms with E-state index in [0.717, 1.165) is 18.9 Å². The second-order valence-corrected chi connectivity index (χ2v) is 4.78. The molecule has 2 heterocycles. The van der Waals surface area contributed by atoms with Crippen LogP contribution in [0.25, 0.3) is 0 Å². The minimum absolute atomic E-state index is 0.0229. The fourth-order valence-corrected chi connectivity index (χ4v) is 2.43. The van der Waals surface area contributed by atoms with Gasteiger partial charge in [-0.1, -0.05) is 0 Å². The van der Waals surface area contributed by atoms with Crippen molar-refractivity contribution in [2.24, 2.45) is 0 Å². The summed E-state index contributed by atoms with van der Waals surface area (Å²) < 4.78 is 0. The fraction of sp³-hybridized carbons (Fsp3) is 0.583. The summed E-state index contributed by atoms with van der Waals surface area (Å²) in [5, 5.41) is 9.34. The molecule has 98 valence electrons. The average molecular weight is 251 g/mol. The van der Waals surface area contributed by atoms with Crippen LogP contribution in [0, 0.1) is 0 Å². The van der Waals surface area contributed by atoms with E-state index in [0.29, 0.717) is 12.4 Å². The highest BCUT2D eigenvalue weighted by Crippen LogP contribution is 2.28. The number of carbonyl (C=O) groups is 1. The van der Waals surface area contributed by atoms with Gasteiger partial charge in [-0.25, -0.2) is 0 Å². The molecule has 0 bridgehead atoms. The first-order valence-electron chi connectivity index (χ1n) is 6.05. The number of amides is 1. The van der Waals surface area contributed by atoms with Gasteiger partial charge in [0.2, 0.25) is 11.8 Å². The van der Waals surface area contributed by atoms with Crippen LogP contribution in [0.15, 0.2) is 10.9 Å². The van der Waals surface area contributed by atoms with Crippen LogP contribution >= 0.6 is 0 Å². The summed E-state index contributed by atoms with van der Waals surface area (Å²) in [6, 6.07) is 1.25. The molecule has 1 saturated heterocycles. The van der Waals surface area contributed by atoms with E-state index in [4.69, 9.17) is 0 Å². The Morgan fingerprint density at radius 1 is 1.56 bits per heavy atom. The number of nitrogens with zero attached hydrogens (tertiary/aromatic N) is 2. The minimum Gasteiger partial charge on any atom is -0.493 e. The van der Waals surface area contributed by atoms with Crippen molar-refractivity contribution >= 4 is 5.91 Å². The second-order valence-electron chi connectivity index (χ2n) is 4.78. The van der Waals surface area contributed by atoms with Gasteiger partial charge in [-0.3, -0.25) is 9.59 Å².